The highest BCUT2D eigenvalue weighted by Gasteiger charge is 2.54. The van der Waals surface area contributed by atoms with E-state index in [0.29, 0.717) is 16.7 Å². The molecule has 218 valence electrons. The van der Waals surface area contributed by atoms with Crippen molar-refractivity contribution in [3.8, 4) is 11.7 Å². The number of sulfonamides is 1. The van der Waals surface area contributed by atoms with Crippen LogP contribution in [0.15, 0.2) is 75.6 Å². The van der Waals surface area contributed by atoms with Crippen molar-refractivity contribution < 1.29 is 36.7 Å². The highest BCUT2D eigenvalue weighted by molar-refractivity contribution is 7.89. The summed E-state index contributed by atoms with van der Waals surface area (Å²) in [5.74, 6) is -0.343. The zero-order chi connectivity index (χ0) is 29.4. The van der Waals surface area contributed by atoms with Gasteiger partial charge < -0.3 is 24.1 Å². The summed E-state index contributed by atoms with van der Waals surface area (Å²) in [6.45, 7) is -0.194. The van der Waals surface area contributed by atoms with E-state index < -0.39 is 40.1 Å². The predicted molar refractivity (Wildman–Crippen MR) is 151 cm³/mol. The van der Waals surface area contributed by atoms with E-state index in [1.807, 2.05) is 17.5 Å². The first-order valence-electron chi connectivity index (χ1n) is 13.1. The average molecular weight is 611 g/mol. The Bertz CT molecular complexity index is 1740. The van der Waals surface area contributed by atoms with Gasteiger partial charge in [0.1, 0.15) is 28.3 Å². The molecule has 2 aliphatic rings. The number of carbonyl (C=O) groups excluding carboxylic acids is 3. The maximum atomic E-state index is 13.9. The van der Waals surface area contributed by atoms with Crippen LogP contribution in [-0.2, 0) is 26.0 Å². The molecule has 42 heavy (non-hydrogen) atoms. The highest BCUT2D eigenvalue weighted by atomic mass is 32.2. The molecule has 6 rings (SSSR count). The van der Waals surface area contributed by atoms with E-state index in [4.69, 9.17) is 13.9 Å². The van der Waals surface area contributed by atoms with E-state index in [1.54, 1.807) is 18.2 Å². The quantitative estimate of drug-likeness (QED) is 0.318. The van der Waals surface area contributed by atoms with Gasteiger partial charge in [0.15, 0.2) is 5.78 Å². The molecule has 3 aromatic heterocycles. The van der Waals surface area contributed by atoms with E-state index in [1.165, 1.54) is 53.9 Å². The second-order valence-electron chi connectivity index (χ2n) is 9.88. The third-order valence-electron chi connectivity index (χ3n) is 7.37. The zero-order valence-corrected chi connectivity index (χ0v) is 24.0. The molecule has 0 radical (unpaired) electrons. The van der Waals surface area contributed by atoms with E-state index in [2.05, 4.69) is 10.3 Å². The lowest BCUT2D eigenvalue weighted by atomic mass is 10.1. The smallest absolute Gasteiger partial charge is 0.415 e. The minimum atomic E-state index is -4.00. The summed E-state index contributed by atoms with van der Waals surface area (Å²) < 4.78 is 43.9. The SMILES string of the molecule is COc1ccc2oc(OC(=O)NC(Cc3cccs3)C(=O)N3CCC4C3C(=O)CN4S(=O)(=O)c3cccnc3)cc2c1. The number of hydrogen-bond donors (Lipinski definition) is 1. The lowest BCUT2D eigenvalue weighted by Crippen LogP contribution is -2.53. The van der Waals surface area contributed by atoms with Crippen LogP contribution in [0.4, 0.5) is 4.79 Å². The maximum Gasteiger partial charge on any atom is 0.415 e. The molecular formula is C28H26N4O8S2. The average Bonchev–Trinajstić information content (AvgIpc) is 3.78. The Hall–Kier alpha value is -4.27. The van der Waals surface area contributed by atoms with Gasteiger partial charge in [-0.15, -0.1) is 11.3 Å². The third kappa shape index (κ3) is 5.24. The number of likely N-dealkylation sites (tertiary alicyclic amines) is 1. The number of ketones is 1. The molecule has 2 amide bonds. The molecule has 12 nitrogen and oxygen atoms in total. The van der Waals surface area contributed by atoms with Crippen LogP contribution >= 0.6 is 11.3 Å². The second kappa shape index (κ2) is 11.2. The number of nitrogens with zero attached hydrogens (tertiary/aromatic N) is 3. The summed E-state index contributed by atoms with van der Waals surface area (Å²) in [6, 6.07) is 10.5. The first-order chi connectivity index (χ1) is 20.2. The molecule has 2 aliphatic heterocycles. The number of benzene rings is 1. The van der Waals surface area contributed by atoms with E-state index >= 15 is 0 Å². The van der Waals surface area contributed by atoms with Gasteiger partial charge in [-0.25, -0.2) is 13.2 Å². The number of Topliss-reactive ketones (excluding diaryl/α,β-unsaturated/α-hetero) is 1. The van der Waals surface area contributed by atoms with Crippen molar-refractivity contribution in [2.75, 3.05) is 20.2 Å². The summed E-state index contributed by atoms with van der Waals surface area (Å²) in [6.07, 6.45) is 2.22. The number of carbonyl (C=O) groups is 3. The lowest BCUT2D eigenvalue weighted by Gasteiger charge is -2.28. The molecule has 4 aromatic rings. The van der Waals surface area contributed by atoms with Gasteiger partial charge in [0.05, 0.1) is 19.7 Å². The number of fused-ring (bicyclic) bond motifs is 2. The molecule has 1 aromatic carbocycles. The number of amides is 2. The topological polar surface area (TPSA) is 148 Å². The van der Waals surface area contributed by atoms with Gasteiger partial charge in [0.2, 0.25) is 15.9 Å². The summed E-state index contributed by atoms with van der Waals surface area (Å²) in [7, 11) is -2.46. The summed E-state index contributed by atoms with van der Waals surface area (Å²) in [4.78, 5) is 46.1. The fourth-order valence-electron chi connectivity index (χ4n) is 5.44. The molecule has 5 heterocycles. The molecule has 3 atom stereocenters. The van der Waals surface area contributed by atoms with Crippen molar-refractivity contribution >= 4 is 50.1 Å². The van der Waals surface area contributed by atoms with Crippen LogP contribution in [0.5, 0.6) is 11.7 Å². The van der Waals surface area contributed by atoms with Crippen molar-refractivity contribution in [3.63, 3.8) is 0 Å². The van der Waals surface area contributed by atoms with Crippen LogP contribution in [0.1, 0.15) is 11.3 Å². The number of aromatic nitrogens is 1. The van der Waals surface area contributed by atoms with Crippen molar-refractivity contribution in [1.29, 1.82) is 0 Å². The van der Waals surface area contributed by atoms with Gasteiger partial charge in [-0.3, -0.25) is 14.6 Å². The molecular weight excluding hydrogens is 584 g/mol. The fourth-order valence-corrected chi connectivity index (χ4v) is 7.79. The predicted octanol–water partition coefficient (Wildman–Crippen LogP) is 2.84. The van der Waals surface area contributed by atoms with Crippen LogP contribution in [-0.4, -0.2) is 78.7 Å². The highest BCUT2D eigenvalue weighted by Crippen LogP contribution is 2.34. The van der Waals surface area contributed by atoms with Crippen molar-refractivity contribution in [2.24, 2.45) is 0 Å². The van der Waals surface area contributed by atoms with Gasteiger partial charge in [0.25, 0.3) is 5.95 Å². The number of ether oxygens (including phenoxy) is 2. The number of nitrogens with one attached hydrogen (secondary N) is 1. The molecule has 3 unspecified atom stereocenters. The van der Waals surface area contributed by atoms with Crippen LogP contribution in [0.3, 0.4) is 0 Å². The van der Waals surface area contributed by atoms with Gasteiger partial charge in [-0.1, -0.05) is 6.07 Å². The van der Waals surface area contributed by atoms with Gasteiger partial charge in [-0.2, -0.15) is 4.31 Å². The van der Waals surface area contributed by atoms with Crippen LogP contribution in [0, 0.1) is 0 Å². The summed E-state index contributed by atoms with van der Waals surface area (Å²) >= 11 is 1.42. The third-order valence-corrected chi connectivity index (χ3v) is 10.1. The molecule has 2 fully saturated rings. The summed E-state index contributed by atoms with van der Waals surface area (Å²) in [5, 5.41) is 5.14. The first-order valence-corrected chi connectivity index (χ1v) is 15.4. The van der Waals surface area contributed by atoms with Gasteiger partial charge in [0, 0.05) is 41.7 Å². The minimum Gasteiger partial charge on any atom is -0.497 e. The number of hydrogen-bond acceptors (Lipinski definition) is 10. The minimum absolute atomic E-state index is 0.0211. The Morgan fingerprint density at radius 2 is 2.07 bits per heavy atom. The van der Waals surface area contributed by atoms with Gasteiger partial charge in [-0.05, 0) is 48.2 Å². The zero-order valence-electron chi connectivity index (χ0n) is 22.3. The van der Waals surface area contributed by atoms with Crippen LogP contribution in [0.2, 0.25) is 0 Å². The number of thiophene rings is 1. The molecule has 2 saturated heterocycles. The molecule has 1 N–H and O–H groups in total. The monoisotopic (exact) mass is 610 g/mol. The number of methoxy groups -OCH3 is 1. The molecule has 0 saturated carbocycles. The Morgan fingerprint density at radius 3 is 2.81 bits per heavy atom. The van der Waals surface area contributed by atoms with Crippen molar-refractivity contribution in [2.45, 2.75) is 35.9 Å². The summed E-state index contributed by atoms with van der Waals surface area (Å²) in [5.41, 5.74) is 0.485. The number of furan rings is 1. The normalized spacial score (nSPS) is 19.5. The Balaban J connectivity index is 1.20. The molecule has 0 spiro atoms. The Kier molecular flexibility index (Phi) is 7.43. The lowest BCUT2D eigenvalue weighted by molar-refractivity contribution is -0.138. The van der Waals surface area contributed by atoms with Crippen molar-refractivity contribution in [1.82, 2.24) is 19.5 Å². The van der Waals surface area contributed by atoms with Crippen LogP contribution in [0.25, 0.3) is 11.0 Å². The molecule has 0 bridgehead atoms. The maximum absolute atomic E-state index is 13.9. The van der Waals surface area contributed by atoms with E-state index in [-0.39, 0.29) is 42.6 Å². The van der Waals surface area contributed by atoms with Crippen LogP contribution < -0.4 is 14.8 Å². The Labute approximate surface area is 244 Å². The number of pyridine rings is 1. The number of rotatable bonds is 8. The Morgan fingerprint density at radius 1 is 1.21 bits per heavy atom. The van der Waals surface area contributed by atoms with Gasteiger partial charge >= 0.3 is 6.09 Å². The molecule has 14 heteroatoms. The second-order valence-corrected chi connectivity index (χ2v) is 12.8. The standard InChI is InChI=1S/C28H26N4O8S2/c1-38-18-6-7-24-17(12-18)13-25(39-24)40-28(35)30-21(14-19-4-3-11-41-19)27(34)31-10-8-22-26(31)23(33)16-32(22)42(36,37)20-5-2-9-29-15-20/h2-7,9,11-13,15,21-22,26H,8,10,14,16H2,1H3,(H,30,35). The van der Waals surface area contributed by atoms with E-state index in [9.17, 15) is 22.8 Å². The fraction of sp³-hybridized carbons (Fsp3) is 0.286. The first kappa shape index (κ1) is 27.9. The molecule has 0 aliphatic carbocycles. The van der Waals surface area contributed by atoms with Crippen molar-refractivity contribution in [3.05, 3.63) is 71.2 Å². The van der Waals surface area contributed by atoms with E-state index in [0.717, 1.165) is 9.18 Å². The largest absolute Gasteiger partial charge is 0.497 e.